The van der Waals surface area contributed by atoms with Gasteiger partial charge in [-0.05, 0) is 48.1 Å². The Bertz CT molecular complexity index is 1010. The van der Waals surface area contributed by atoms with Crippen LogP contribution in [-0.4, -0.2) is 23.4 Å². The molecule has 0 aromatic heterocycles. The van der Waals surface area contributed by atoms with Crippen molar-refractivity contribution in [2.45, 2.75) is 18.9 Å². The number of hydrogen-bond donors (Lipinski definition) is 0. The molecule has 0 spiro atoms. The van der Waals surface area contributed by atoms with Crippen LogP contribution in [0.25, 0.3) is 0 Å². The molecule has 1 aliphatic rings. The maximum atomic E-state index is 2.85. The zero-order chi connectivity index (χ0) is 21.6. The van der Waals surface area contributed by atoms with Crippen LogP contribution in [-0.2, 0) is 0 Å². The van der Waals surface area contributed by atoms with E-state index in [0.29, 0.717) is 6.04 Å². The Morgan fingerprint density at radius 1 is 0.562 bits per heavy atom. The molecular formula is C29H29NP2. The number of rotatable bonds is 7. The van der Waals surface area contributed by atoms with E-state index in [9.17, 15) is 0 Å². The lowest BCUT2D eigenvalue weighted by molar-refractivity contribution is 0.463. The molecule has 5 rings (SSSR count). The van der Waals surface area contributed by atoms with Gasteiger partial charge in [0.2, 0.25) is 0 Å². The van der Waals surface area contributed by atoms with Gasteiger partial charge in [0.15, 0.2) is 0 Å². The van der Waals surface area contributed by atoms with Crippen molar-refractivity contribution in [2.24, 2.45) is 0 Å². The van der Waals surface area contributed by atoms with Crippen LogP contribution in [0, 0.1) is 0 Å². The Balaban J connectivity index is 1.49. The van der Waals surface area contributed by atoms with Gasteiger partial charge in [0.1, 0.15) is 0 Å². The van der Waals surface area contributed by atoms with E-state index in [-0.39, 0.29) is 7.92 Å². The van der Waals surface area contributed by atoms with Crippen molar-refractivity contribution >= 4 is 37.2 Å². The average molecular weight is 454 g/mol. The highest BCUT2D eigenvalue weighted by molar-refractivity contribution is 7.73. The van der Waals surface area contributed by atoms with Crippen molar-refractivity contribution in [3.05, 3.63) is 121 Å². The fraction of sp³-hybridized carbons (Fsp3) is 0.172. The Morgan fingerprint density at radius 2 is 0.969 bits per heavy atom. The van der Waals surface area contributed by atoms with E-state index in [1.165, 1.54) is 46.8 Å². The molecule has 0 aliphatic carbocycles. The molecule has 1 saturated heterocycles. The summed E-state index contributed by atoms with van der Waals surface area (Å²) >= 11 is 0. The second-order valence-corrected chi connectivity index (χ2v) is 12.6. The van der Waals surface area contributed by atoms with Crippen molar-refractivity contribution in [1.82, 2.24) is 4.67 Å². The topological polar surface area (TPSA) is 3.24 Å². The third-order valence-electron chi connectivity index (χ3n) is 6.13. The lowest BCUT2D eigenvalue weighted by Crippen LogP contribution is -2.35. The first-order valence-electron chi connectivity index (χ1n) is 11.4. The highest BCUT2D eigenvalue weighted by atomic mass is 31.1. The summed E-state index contributed by atoms with van der Waals surface area (Å²) in [7, 11) is -0.898. The zero-order valence-electron chi connectivity index (χ0n) is 18.3. The summed E-state index contributed by atoms with van der Waals surface area (Å²) in [6.45, 7) is 1.19. The van der Waals surface area contributed by atoms with Crippen molar-refractivity contribution in [3.8, 4) is 0 Å². The van der Waals surface area contributed by atoms with Crippen LogP contribution in [0.1, 0.15) is 12.8 Å². The molecule has 32 heavy (non-hydrogen) atoms. The molecule has 0 N–H and O–H groups in total. The van der Waals surface area contributed by atoms with Gasteiger partial charge < -0.3 is 0 Å². The van der Waals surface area contributed by atoms with E-state index in [1.807, 2.05) is 0 Å². The van der Waals surface area contributed by atoms with Gasteiger partial charge >= 0.3 is 0 Å². The first-order chi connectivity index (χ1) is 15.9. The number of benzene rings is 4. The highest BCUT2D eigenvalue weighted by Crippen LogP contribution is 2.47. The third kappa shape index (κ3) is 4.87. The summed E-state index contributed by atoms with van der Waals surface area (Å²) in [5.41, 5.74) is 0. The molecule has 160 valence electrons. The summed E-state index contributed by atoms with van der Waals surface area (Å²) in [6, 6.07) is 45.3. The average Bonchev–Trinajstić information content (AvgIpc) is 3.33. The maximum Gasteiger partial charge on any atom is 0.0283 e. The Morgan fingerprint density at radius 3 is 1.41 bits per heavy atom. The first-order valence-corrected chi connectivity index (χ1v) is 14.3. The lowest BCUT2D eigenvalue weighted by atomic mass is 10.3. The van der Waals surface area contributed by atoms with Crippen LogP contribution in [0.15, 0.2) is 121 Å². The van der Waals surface area contributed by atoms with E-state index < -0.39 is 8.07 Å². The molecule has 1 atom stereocenters. The summed E-state index contributed by atoms with van der Waals surface area (Å²) in [5, 5.41) is 5.90. The lowest BCUT2D eigenvalue weighted by Gasteiger charge is -2.35. The minimum Gasteiger partial charge on any atom is -0.271 e. The molecule has 0 saturated carbocycles. The third-order valence-corrected chi connectivity index (χ3v) is 11.4. The van der Waals surface area contributed by atoms with E-state index in [4.69, 9.17) is 0 Å². The van der Waals surface area contributed by atoms with Crippen LogP contribution >= 0.6 is 16.0 Å². The van der Waals surface area contributed by atoms with Crippen LogP contribution in [0.5, 0.6) is 0 Å². The molecule has 1 aliphatic heterocycles. The molecule has 3 heteroatoms. The van der Waals surface area contributed by atoms with Gasteiger partial charge in [-0.25, -0.2) is 0 Å². The summed E-state index contributed by atoms with van der Waals surface area (Å²) in [4.78, 5) is 0. The second kappa shape index (κ2) is 10.5. The van der Waals surface area contributed by atoms with Crippen molar-refractivity contribution in [2.75, 3.05) is 12.7 Å². The minimum absolute atomic E-state index is 0.382. The highest BCUT2D eigenvalue weighted by Gasteiger charge is 2.34. The van der Waals surface area contributed by atoms with Gasteiger partial charge in [-0.15, -0.1) is 0 Å². The van der Waals surface area contributed by atoms with Gasteiger partial charge in [0.25, 0.3) is 0 Å². The van der Waals surface area contributed by atoms with Gasteiger partial charge in [0.05, 0.1) is 0 Å². The van der Waals surface area contributed by atoms with Crippen molar-refractivity contribution in [1.29, 1.82) is 0 Å². The number of hydrogen-bond acceptors (Lipinski definition) is 1. The van der Waals surface area contributed by atoms with Crippen LogP contribution < -0.4 is 21.2 Å². The van der Waals surface area contributed by atoms with E-state index in [2.05, 4.69) is 126 Å². The quantitative estimate of drug-likeness (QED) is 0.328. The smallest absolute Gasteiger partial charge is 0.0283 e. The summed E-state index contributed by atoms with van der Waals surface area (Å²) < 4.78 is 2.85. The fourth-order valence-electron chi connectivity index (χ4n) is 4.64. The molecule has 0 radical (unpaired) electrons. The minimum atomic E-state index is -0.516. The summed E-state index contributed by atoms with van der Waals surface area (Å²) in [6.07, 6.45) is 3.80. The second-order valence-electron chi connectivity index (χ2n) is 8.22. The Labute approximate surface area is 194 Å². The predicted octanol–water partition coefficient (Wildman–Crippen LogP) is 5.63. The van der Waals surface area contributed by atoms with Gasteiger partial charge in [-0.1, -0.05) is 121 Å². The van der Waals surface area contributed by atoms with Crippen LogP contribution in [0.3, 0.4) is 0 Å². The maximum absolute atomic E-state index is 2.85. The van der Waals surface area contributed by atoms with E-state index in [0.717, 1.165) is 0 Å². The van der Waals surface area contributed by atoms with Gasteiger partial charge in [0, 0.05) is 20.7 Å². The molecule has 1 nitrogen and oxygen atoms in total. The van der Waals surface area contributed by atoms with Crippen molar-refractivity contribution < 1.29 is 0 Å². The standard InChI is InChI=1S/C29H29NP2/c1-5-15-26(16-6-1)31(27-17-7-2-8-18-27)24-25-14-13-23-30(25)32(28-19-9-3-10-20-28)29-21-11-4-12-22-29/h1-12,15-22,25H,13-14,23-24H2. The molecule has 4 aromatic rings. The van der Waals surface area contributed by atoms with Gasteiger partial charge in [-0.3, -0.25) is 4.67 Å². The van der Waals surface area contributed by atoms with Gasteiger partial charge in [-0.2, -0.15) is 0 Å². The fourth-order valence-corrected chi connectivity index (χ4v) is 10.0. The predicted molar refractivity (Wildman–Crippen MR) is 143 cm³/mol. The Hall–Kier alpha value is -2.30. The van der Waals surface area contributed by atoms with E-state index >= 15 is 0 Å². The summed E-state index contributed by atoms with van der Waals surface area (Å²) in [5.74, 6) is 0. The SMILES string of the molecule is c1ccc(P(CC2CCCN2P(c2ccccc2)c2ccccc2)c2ccccc2)cc1. The van der Waals surface area contributed by atoms with Crippen LogP contribution in [0.4, 0.5) is 0 Å². The molecule has 0 bridgehead atoms. The molecule has 4 aromatic carbocycles. The van der Waals surface area contributed by atoms with Crippen molar-refractivity contribution in [3.63, 3.8) is 0 Å². The zero-order valence-corrected chi connectivity index (χ0v) is 20.1. The molecule has 0 amide bonds. The first kappa shape index (κ1) is 21.5. The molecule has 1 unspecified atom stereocenters. The molecule has 1 fully saturated rings. The monoisotopic (exact) mass is 453 g/mol. The largest absolute Gasteiger partial charge is 0.271 e. The van der Waals surface area contributed by atoms with Crippen LogP contribution in [0.2, 0.25) is 0 Å². The number of nitrogens with zero attached hydrogens (tertiary/aromatic N) is 1. The molecular weight excluding hydrogens is 424 g/mol. The molecule has 1 heterocycles. The van der Waals surface area contributed by atoms with E-state index in [1.54, 1.807) is 0 Å². The normalized spacial score (nSPS) is 16.6. The Kier molecular flexibility index (Phi) is 7.10.